The van der Waals surface area contributed by atoms with E-state index in [9.17, 15) is 20.4 Å². The van der Waals surface area contributed by atoms with Crippen LogP contribution in [0.4, 0.5) is 0 Å². The molecule has 2 heterocycles. The predicted molar refractivity (Wildman–Crippen MR) is 119 cm³/mol. The van der Waals surface area contributed by atoms with Crippen LogP contribution in [-0.2, 0) is 14.2 Å². The van der Waals surface area contributed by atoms with Gasteiger partial charge in [0.1, 0.15) is 24.4 Å². The van der Waals surface area contributed by atoms with Gasteiger partial charge in [-0.15, -0.1) is 0 Å². The van der Waals surface area contributed by atoms with E-state index in [1.165, 1.54) is 19.3 Å². The van der Waals surface area contributed by atoms with E-state index in [0.29, 0.717) is 17.3 Å². The Morgan fingerprint density at radius 1 is 0.906 bits per heavy atom. The zero-order valence-electron chi connectivity index (χ0n) is 20.4. The predicted octanol–water partition coefficient (Wildman–Crippen LogP) is 2.37. The van der Waals surface area contributed by atoms with E-state index >= 15 is 0 Å². The van der Waals surface area contributed by atoms with E-state index in [1.54, 1.807) is 0 Å². The Hall–Kier alpha value is -0.280. The zero-order valence-corrected chi connectivity index (χ0v) is 20.4. The zero-order chi connectivity index (χ0) is 23.5. The van der Waals surface area contributed by atoms with Gasteiger partial charge in [0.25, 0.3) is 0 Å². The van der Waals surface area contributed by atoms with Gasteiger partial charge >= 0.3 is 0 Å². The van der Waals surface area contributed by atoms with Crippen LogP contribution in [0.2, 0.25) is 0 Å². The Morgan fingerprint density at radius 3 is 2.28 bits per heavy atom. The van der Waals surface area contributed by atoms with Crippen LogP contribution in [0.3, 0.4) is 0 Å². The molecule has 0 aromatic rings. The van der Waals surface area contributed by atoms with E-state index in [2.05, 4.69) is 27.7 Å². The van der Waals surface area contributed by atoms with Crippen LogP contribution in [0.1, 0.15) is 79.6 Å². The minimum atomic E-state index is -1.39. The lowest BCUT2D eigenvalue weighted by Crippen LogP contribution is -2.66. The van der Waals surface area contributed by atoms with Crippen molar-refractivity contribution < 1.29 is 34.6 Å². The summed E-state index contributed by atoms with van der Waals surface area (Å²) in [6, 6.07) is 0. The molecule has 4 aliphatic rings. The highest BCUT2D eigenvalue weighted by molar-refractivity contribution is 5.11. The lowest BCUT2D eigenvalue weighted by atomic mass is 9.44. The van der Waals surface area contributed by atoms with Crippen molar-refractivity contribution in [2.45, 2.75) is 121 Å². The number of aliphatic hydroxyl groups is 4. The third kappa shape index (κ3) is 3.96. The second kappa shape index (κ2) is 8.43. The first-order valence-electron chi connectivity index (χ1n) is 12.5. The number of hydrogen-bond donors (Lipinski definition) is 4. The van der Waals surface area contributed by atoms with E-state index in [-0.39, 0.29) is 24.2 Å². The fraction of sp³-hybridized carbons (Fsp3) is 1.00. The van der Waals surface area contributed by atoms with Crippen molar-refractivity contribution in [3.63, 3.8) is 0 Å². The summed E-state index contributed by atoms with van der Waals surface area (Å²) >= 11 is 0. The first-order chi connectivity index (χ1) is 14.9. The summed E-state index contributed by atoms with van der Waals surface area (Å²) in [7, 11) is 0. The summed E-state index contributed by atoms with van der Waals surface area (Å²) in [5, 5.41) is 40.2. The van der Waals surface area contributed by atoms with Gasteiger partial charge in [-0.1, -0.05) is 27.2 Å². The van der Waals surface area contributed by atoms with Crippen LogP contribution in [0.25, 0.3) is 0 Å². The molecule has 32 heavy (non-hydrogen) atoms. The Kier molecular flexibility index (Phi) is 6.55. The number of rotatable bonds is 4. The molecule has 2 aliphatic heterocycles. The molecule has 186 valence electrons. The molecule has 4 rings (SSSR count). The maximum absolute atomic E-state index is 10.3. The molecule has 7 heteroatoms. The second-order valence-electron chi connectivity index (χ2n) is 12.3. The van der Waals surface area contributed by atoms with Crippen LogP contribution < -0.4 is 0 Å². The van der Waals surface area contributed by atoms with E-state index in [0.717, 1.165) is 25.7 Å². The van der Waals surface area contributed by atoms with Crippen molar-refractivity contribution in [3.05, 3.63) is 0 Å². The molecule has 0 amide bonds. The average Bonchev–Trinajstić information content (AvgIpc) is 2.70. The van der Waals surface area contributed by atoms with Crippen LogP contribution in [0.5, 0.6) is 0 Å². The summed E-state index contributed by atoms with van der Waals surface area (Å²) in [5.41, 5.74) is -0.443. The largest absolute Gasteiger partial charge is 0.394 e. The number of fused-ring (bicyclic) bond motifs is 3. The standard InChI is InChI=1S/C25H44O7/c1-22(2)9-6-10-23(3)16(22)7-11-24(4)17(23)8-12-25(5,32-24)18(13-26)31-21-20(29)19(28)15(27)14-30-21/h15-21,26-29H,6-14H2,1-5H3/t15-,16-,17+,18?,19-,20+,21-,23-,24+,25-/m0/s1. The van der Waals surface area contributed by atoms with Crippen LogP contribution in [0, 0.1) is 22.7 Å². The highest BCUT2D eigenvalue weighted by atomic mass is 16.7. The molecular formula is C25H44O7. The Morgan fingerprint density at radius 2 is 1.59 bits per heavy atom. The average molecular weight is 457 g/mol. The SMILES string of the molecule is CC1(C)CCC[C@]2(C)[C@H]3CC[C@@](C)(C(CO)O[C@@H]4OC[C@H](O)[C@H](O)[C@H]4O)O[C@]3(C)CC[C@@H]12. The van der Waals surface area contributed by atoms with E-state index in [1.807, 2.05) is 6.92 Å². The summed E-state index contributed by atoms with van der Waals surface area (Å²) in [6.45, 7) is 11.1. The van der Waals surface area contributed by atoms with Gasteiger partial charge in [-0.25, -0.2) is 0 Å². The molecule has 4 fully saturated rings. The summed E-state index contributed by atoms with van der Waals surface area (Å²) in [5.74, 6) is 1.15. The normalized spacial score (nSPS) is 52.0. The van der Waals surface area contributed by atoms with Gasteiger partial charge in [0, 0.05) is 0 Å². The molecule has 0 aromatic heterocycles. The molecule has 0 spiro atoms. The summed E-state index contributed by atoms with van der Waals surface area (Å²) in [4.78, 5) is 0. The minimum absolute atomic E-state index is 0.131. The first kappa shape index (κ1) is 24.8. The Balaban J connectivity index is 1.52. The third-order valence-corrected chi connectivity index (χ3v) is 9.73. The molecule has 0 bridgehead atoms. The lowest BCUT2D eigenvalue weighted by molar-refractivity contribution is -0.333. The fourth-order valence-electron chi connectivity index (χ4n) is 8.05. The van der Waals surface area contributed by atoms with Crippen molar-refractivity contribution in [3.8, 4) is 0 Å². The maximum atomic E-state index is 10.3. The van der Waals surface area contributed by atoms with Gasteiger partial charge in [0.15, 0.2) is 6.29 Å². The molecule has 4 N–H and O–H groups in total. The maximum Gasteiger partial charge on any atom is 0.186 e. The Labute approximate surface area is 192 Å². The van der Waals surface area contributed by atoms with Gasteiger partial charge in [-0.05, 0) is 75.0 Å². The van der Waals surface area contributed by atoms with Gasteiger partial charge in [0.2, 0.25) is 0 Å². The number of aliphatic hydroxyl groups excluding tert-OH is 4. The lowest BCUT2D eigenvalue weighted by Gasteiger charge is -2.65. The molecule has 2 saturated heterocycles. The molecule has 10 atom stereocenters. The molecule has 2 saturated carbocycles. The van der Waals surface area contributed by atoms with Crippen molar-refractivity contribution in [2.75, 3.05) is 13.2 Å². The van der Waals surface area contributed by atoms with E-state index in [4.69, 9.17) is 14.2 Å². The molecule has 0 aromatic carbocycles. The number of hydrogen-bond acceptors (Lipinski definition) is 7. The Bertz CT molecular complexity index is 685. The fourth-order valence-corrected chi connectivity index (χ4v) is 8.05. The summed E-state index contributed by atoms with van der Waals surface area (Å²) in [6.07, 6.45) is 1.95. The second-order valence-corrected chi connectivity index (χ2v) is 12.3. The minimum Gasteiger partial charge on any atom is -0.394 e. The van der Waals surface area contributed by atoms with E-state index < -0.39 is 36.3 Å². The molecule has 7 nitrogen and oxygen atoms in total. The van der Waals surface area contributed by atoms with Gasteiger partial charge < -0.3 is 34.6 Å². The summed E-state index contributed by atoms with van der Waals surface area (Å²) < 4.78 is 18.3. The monoisotopic (exact) mass is 456 g/mol. The first-order valence-corrected chi connectivity index (χ1v) is 12.5. The molecule has 1 unspecified atom stereocenters. The van der Waals surface area contributed by atoms with Crippen molar-refractivity contribution >= 4 is 0 Å². The highest BCUT2D eigenvalue weighted by Gasteiger charge is 2.62. The van der Waals surface area contributed by atoms with Gasteiger partial charge in [-0.3, -0.25) is 0 Å². The van der Waals surface area contributed by atoms with Gasteiger partial charge in [-0.2, -0.15) is 0 Å². The van der Waals surface area contributed by atoms with Crippen molar-refractivity contribution in [1.82, 2.24) is 0 Å². The van der Waals surface area contributed by atoms with Crippen LogP contribution in [0.15, 0.2) is 0 Å². The van der Waals surface area contributed by atoms with Crippen LogP contribution in [-0.4, -0.2) is 75.5 Å². The van der Waals surface area contributed by atoms with Crippen molar-refractivity contribution in [2.24, 2.45) is 22.7 Å². The third-order valence-electron chi connectivity index (χ3n) is 9.73. The molecular weight excluding hydrogens is 412 g/mol. The van der Waals surface area contributed by atoms with Crippen molar-refractivity contribution in [1.29, 1.82) is 0 Å². The van der Waals surface area contributed by atoms with Crippen LogP contribution >= 0.6 is 0 Å². The topological polar surface area (TPSA) is 109 Å². The molecule has 2 aliphatic carbocycles. The van der Waals surface area contributed by atoms with Gasteiger partial charge in [0.05, 0.1) is 24.4 Å². The molecule has 0 radical (unpaired) electrons. The number of ether oxygens (including phenoxy) is 3. The smallest absolute Gasteiger partial charge is 0.186 e. The highest BCUT2D eigenvalue weighted by Crippen LogP contribution is 2.65. The quantitative estimate of drug-likeness (QED) is 0.514.